The Morgan fingerprint density at radius 1 is 1.29 bits per heavy atom. The SMILES string of the molecule is CCO[PH](=O)O.Cc1cc2c(=O)c2c(C)c1C. The predicted molar refractivity (Wildman–Crippen MR) is 69.6 cm³/mol. The van der Waals surface area contributed by atoms with E-state index in [4.69, 9.17) is 4.89 Å². The first-order valence-corrected chi connectivity index (χ1v) is 6.67. The maximum atomic E-state index is 11.1. The van der Waals surface area contributed by atoms with Crippen LogP contribution in [-0.2, 0) is 9.09 Å². The summed E-state index contributed by atoms with van der Waals surface area (Å²) < 4.78 is 13.7. The summed E-state index contributed by atoms with van der Waals surface area (Å²) in [5, 5.41) is 1.90. The van der Waals surface area contributed by atoms with Crippen molar-refractivity contribution in [3.05, 3.63) is 33.0 Å². The van der Waals surface area contributed by atoms with E-state index in [-0.39, 0.29) is 5.43 Å². The second-order valence-electron chi connectivity index (χ2n) is 3.89. The van der Waals surface area contributed by atoms with Gasteiger partial charge in [0.15, 0.2) is 5.43 Å². The molecule has 0 aromatic heterocycles. The summed E-state index contributed by atoms with van der Waals surface area (Å²) in [5.41, 5.74) is 3.91. The van der Waals surface area contributed by atoms with Gasteiger partial charge in [0.2, 0.25) is 0 Å². The quantitative estimate of drug-likeness (QED) is 0.838. The minimum atomic E-state index is -2.64. The van der Waals surface area contributed by atoms with Crippen LogP contribution in [0.25, 0.3) is 10.8 Å². The van der Waals surface area contributed by atoms with Crippen molar-refractivity contribution in [2.75, 3.05) is 6.61 Å². The van der Waals surface area contributed by atoms with E-state index in [2.05, 4.69) is 11.4 Å². The number of rotatable bonds is 2. The average Bonchev–Trinajstić information content (AvgIpc) is 2.87. The van der Waals surface area contributed by atoms with E-state index in [1.54, 1.807) is 6.92 Å². The summed E-state index contributed by atoms with van der Waals surface area (Å²) in [6, 6.07) is 1.99. The molecule has 0 heterocycles. The zero-order chi connectivity index (χ0) is 13.2. The lowest BCUT2D eigenvalue weighted by Crippen LogP contribution is -1.81. The summed E-state index contributed by atoms with van der Waals surface area (Å²) in [7, 11) is -2.64. The van der Waals surface area contributed by atoms with Crippen molar-refractivity contribution in [3.63, 3.8) is 0 Å². The molecule has 0 spiro atoms. The van der Waals surface area contributed by atoms with Gasteiger partial charge >= 0.3 is 8.25 Å². The molecule has 5 heteroatoms. The fourth-order valence-electron chi connectivity index (χ4n) is 1.63. The number of hydrogen-bond donors (Lipinski definition) is 1. The molecule has 0 radical (unpaired) electrons. The average molecular weight is 256 g/mol. The summed E-state index contributed by atoms with van der Waals surface area (Å²) in [4.78, 5) is 18.9. The van der Waals surface area contributed by atoms with Crippen LogP contribution in [0.4, 0.5) is 0 Å². The molecule has 0 aliphatic heterocycles. The molecule has 94 valence electrons. The van der Waals surface area contributed by atoms with Gasteiger partial charge in [-0.2, -0.15) is 0 Å². The Hall–Kier alpha value is -0.960. The minimum Gasteiger partial charge on any atom is -0.326 e. The van der Waals surface area contributed by atoms with Crippen molar-refractivity contribution in [2.24, 2.45) is 0 Å². The lowest BCUT2D eigenvalue weighted by molar-refractivity contribution is 0.297. The maximum absolute atomic E-state index is 11.1. The zero-order valence-electron chi connectivity index (χ0n) is 10.5. The van der Waals surface area contributed by atoms with Crippen LogP contribution in [0.15, 0.2) is 10.9 Å². The Morgan fingerprint density at radius 2 is 1.88 bits per heavy atom. The Morgan fingerprint density at radius 3 is 2.29 bits per heavy atom. The van der Waals surface area contributed by atoms with Crippen LogP contribution in [0.1, 0.15) is 23.6 Å². The second-order valence-corrected chi connectivity index (χ2v) is 4.71. The molecule has 0 saturated heterocycles. The molecule has 1 N–H and O–H groups in total. The molecular formula is C12H17O4P. The van der Waals surface area contributed by atoms with E-state index >= 15 is 0 Å². The topological polar surface area (TPSA) is 63.6 Å². The molecule has 2 aromatic rings. The number of benzene rings is 1. The fraction of sp³-hybridized carbons (Fsp3) is 0.417. The lowest BCUT2D eigenvalue weighted by Gasteiger charge is -1.99. The molecule has 0 fully saturated rings. The molecule has 2 aromatic carbocycles. The highest BCUT2D eigenvalue weighted by molar-refractivity contribution is 7.32. The third kappa shape index (κ3) is 3.25. The summed E-state index contributed by atoms with van der Waals surface area (Å²) >= 11 is 0. The third-order valence-electron chi connectivity index (χ3n) is 2.84. The third-order valence-corrected chi connectivity index (χ3v) is 3.37. The van der Waals surface area contributed by atoms with Crippen molar-refractivity contribution in [2.45, 2.75) is 27.7 Å². The van der Waals surface area contributed by atoms with Gasteiger partial charge in [0.05, 0.1) is 6.61 Å². The predicted octanol–water partition coefficient (Wildman–Crippen LogP) is 2.41. The van der Waals surface area contributed by atoms with Gasteiger partial charge in [-0.3, -0.25) is 9.36 Å². The highest BCUT2D eigenvalue weighted by Gasteiger charge is 2.16. The summed E-state index contributed by atoms with van der Waals surface area (Å²) in [5.74, 6) is 0. The van der Waals surface area contributed by atoms with Crippen LogP contribution in [0.3, 0.4) is 0 Å². The Balaban J connectivity index is 0.000000209. The van der Waals surface area contributed by atoms with E-state index < -0.39 is 8.25 Å². The van der Waals surface area contributed by atoms with Crippen molar-refractivity contribution in [3.8, 4) is 0 Å². The largest absolute Gasteiger partial charge is 0.326 e. The zero-order valence-corrected chi connectivity index (χ0v) is 11.5. The van der Waals surface area contributed by atoms with Crippen LogP contribution in [-0.4, -0.2) is 11.5 Å². The summed E-state index contributed by atoms with van der Waals surface area (Å²) in [6.45, 7) is 8.11. The molecule has 17 heavy (non-hydrogen) atoms. The smallest absolute Gasteiger partial charge is 0.316 e. The van der Waals surface area contributed by atoms with Gasteiger partial charge in [-0.05, 0) is 50.5 Å². The molecule has 0 saturated carbocycles. The van der Waals surface area contributed by atoms with Gasteiger partial charge < -0.3 is 9.42 Å². The molecular weight excluding hydrogens is 239 g/mol. The maximum Gasteiger partial charge on any atom is 0.316 e. The molecule has 1 unspecified atom stereocenters. The minimum absolute atomic E-state index is 0.249. The fourth-order valence-corrected chi connectivity index (χ4v) is 1.87. The van der Waals surface area contributed by atoms with Crippen molar-refractivity contribution < 1.29 is 14.0 Å². The molecule has 0 amide bonds. The highest BCUT2D eigenvalue weighted by atomic mass is 31.1. The van der Waals surface area contributed by atoms with Gasteiger partial charge in [-0.25, -0.2) is 0 Å². The van der Waals surface area contributed by atoms with E-state index in [0.717, 1.165) is 10.8 Å². The van der Waals surface area contributed by atoms with E-state index in [9.17, 15) is 9.36 Å². The lowest BCUT2D eigenvalue weighted by atomic mass is 10.1. The van der Waals surface area contributed by atoms with Crippen LogP contribution in [0.2, 0.25) is 0 Å². The van der Waals surface area contributed by atoms with Crippen LogP contribution in [0, 0.1) is 20.8 Å². The first kappa shape index (κ1) is 14.1. The number of fused-ring (bicyclic) bond motifs is 1. The first-order valence-electron chi connectivity index (χ1n) is 5.41. The number of aryl methyl sites for hydroxylation is 2. The van der Waals surface area contributed by atoms with Gasteiger partial charge in [0, 0.05) is 10.8 Å². The second kappa shape index (κ2) is 5.58. The normalized spacial score (nSPS) is 12.5. The van der Waals surface area contributed by atoms with E-state index in [1.165, 1.54) is 16.7 Å². The van der Waals surface area contributed by atoms with Crippen molar-refractivity contribution in [1.29, 1.82) is 0 Å². The molecule has 0 bridgehead atoms. The van der Waals surface area contributed by atoms with Gasteiger partial charge in [0.1, 0.15) is 0 Å². The van der Waals surface area contributed by atoms with E-state index in [1.807, 2.05) is 19.9 Å². The molecule has 0 aliphatic carbocycles. The highest BCUT2D eigenvalue weighted by Crippen LogP contribution is 2.25. The Bertz CT molecular complexity index is 564. The van der Waals surface area contributed by atoms with Crippen LogP contribution < -0.4 is 5.43 Å². The summed E-state index contributed by atoms with van der Waals surface area (Å²) in [6.07, 6.45) is 0. The molecule has 1 atom stereocenters. The number of hydrogen-bond acceptors (Lipinski definition) is 3. The Kier molecular flexibility index (Phi) is 4.63. The standard InChI is InChI=1S/C10H10O.C2H7O3P/c1-5-4-8-9(10(8)11)7(3)6(5)2;1-2-5-6(3)4/h4H,1-3H3;6H,2H2,1H3,(H,3,4). The van der Waals surface area contributed by atoms with Crippen LogP contribution >= 0.6 is 8.25 Å². The van der Waals surface area contributed by atoms with Crippen LogP contribution in [0.5, 0.6) is 0 Å². The van der Waals surface area contributed by atoms with Gasteiger partial charge in [-0.1, -0.05) is 0 Å². The Labute approximate surface area is 101 Å². The van der Waals surface area contributed by atoms with Crippen molar-refractivity contribution >= 4 is 19.0 Å². The van der Waals surface area contributed by atoms with E-state index in [0.29, 0.717) is 6.61 Å². The molecule has 4 nitrogen and oxygen atoms in total. The van der Waals surface area contributed by atoms with Crippen molar-refractivity contribution in [1.82, 2.24) is 0 Å². The molecule has 0 aliphatic rings. The monoisotopic (exact) mass is 256 g/mol. The van der Waals surface area contributed by atoms with Gasteiger partial charge in [-0.15, -0.1) is 0 Å². The first-order chi connectivity index (χ1) is 7.90. The van der Waals surface area contributed by atoms with Gasteiger partial charge in [0.25, 0.3) is 0 Å². The molecule has 2 rings (SSSR count).